The van der Waals surface area contributed by atoms with Crippen molar-refractivity contribution in [2.24, 2.45) is 0 Å². The highest BCUT2D eigenvalue weighted by molar-refractivity contribution is 5.89. The molecule has 2 rings (SSSR count). The average molecular weight is 722 g/mol. The van der Waals surface area contributed by atoms with Gasteiger partial charge in [0.15, 0.2) is 6.23 Å². The SMILES string of the molecule is CC(=O)NC1C(NC(=O)C[C@H](NC(=O)CN2CCN(CC(=O)O)CCN(CC(=O)O)CCN(CC(=O)O)CC2)C(=O)O)OC(CO)C(O)C1O. The van der Waals surface area contributed by atoms with Gasteiger partial charge in [0.05, 0.1) is 39.2 Å². The third kappa shape index (κ3) is 14.8. The number of carbonyl (C=O) groups is 7. The van der Waals surface area contributed by atoms with Crippen molar-refractivity contribution in [2.45, 2.75) is 50.0 Å². The highest BCUT2D eigenvalue weighted by Crippen LogP contribution is 2.20. The van der Waals surface area contributed by atoms with E-state index in [0.717, 1.165) is 6.92 Å². The third-order valence-corrected chi connectivity index (χ3v) is 8.00. The number of hydrogen-bond donors (Lipinski definition) is 10. The first-order valence-electron chi connectivity index (χ1n) is 15.7. The summed E-state index contributed by atoms with van der Waals surface area (Å²) in [5, 5.41) is 74.7. The summed E-state index contributed by atoms with van der Waals surface area (Å²) in [6, 6.07) is -3.14. The number of carbonyl (C=O) groups excluding carboxylic acids is 3. The van der Waals surface area contributed by atoms with Crippen LogP contribution in [-0.4, -0.2) is 219 Å². The fraction of sp³-hybridized carbons (Fsp3) is 0.750. The molecule has 22 heteroatoms. The zero-order valence-corrected chi connectivity index (χ0v) is 27.5. The first-order chi connectivity index (χ1) is 23.5. The number of ether oxygens (including phenoxy) is 1. The zero-order valence-electron chi connectivity index (χ0n) is 27.5. The Morgan fingerprint density at radius 3 is 1.44 bits per heavy atom. The third-order valence-electron chi connectivity index (χ3n) is 8.00. The molecule has 2 saturated heterocycles. The molecule has 3 amide bonds. The number of nitrogens with zero attached hydrogens (tertiary/aromatic N) is 4. The lowest BCUT2D eigenvalue weighted by molar-refractivity contribution is -0.203. The molecule has 10 N–H and O–H groups in total. The summed E-state index contributed by atoms with van der Waals surface area (Å²) in [4.78, 5) is 90.2. The van der Waals surface area contributed by atoms with E-state index in [0.29, 0.717) is 0 Å². The smallest absolute Gasteiger partial charge is 0.326 e. The minimum Gasteiger partial charge on any atom is -0.480 e. The minimum absolute atomic E-state index is 0.0858. The number of carboxylic acids is 4. The van der Waals surface area contributed by atoms with Gasteiger partial charge >= 0.3 is 23.9 Å². The van der Waals surface area contributed by atoms with Crippen molar-refractivity contribution in [3.63, 3.8) is 0 Å². The summed E-state index contributed by atoms with van der Waals surface area (Å²) in [5.74, 6) is -7.44. The van der Waals surface area contributed by atoms with E-state index < -0.39 is 97.8 Å². The van der Waals surface area contributed by atoms with Gasteiger partial charge in [0, 0.05) is 59.3 Å². The lowest BCUT2D eigenvalue weighted by atomic mass is 9.95. The quantitative estimate of drug-likeness (QED) is 0.0751. The molecule has 5 unspecified atom stereocenters. The maximum absolute atomic E-state index is 13.1. The number of aliphatic carboxylic acids is 4. The van der Waals surface area contributed by atoms with Crippen LogP contribution in [0.2, 0.25) is 0 Å². The van der Waals surface area contributed by atoms with Gasteiger partial charge in [-0.3, -0.25) is 48.4 Å². The molecule has 22 nitrogen and oxygen atoms in total. The summed E-state index contributed by atoms with van der Waals surface area (Å²) >= 11 is 0. The van der Waals surface area contributed by atoms with E-state index in [1.807, 2.05) is 0 Å². The van der Waals surface area contributed by atoms with Crippen LogP contribution in [0.4, 0.5) is 0 Å². The van der Waals surface area contributed by atoms with Gasteiger partial charge in [0.1, 0.15) is 30.4 Å². The fourth-order valence-corrected chi connectivity index (χ4v) is 5.47. The molecule has 0 spiro atoms. The Kier molecular flexibility index (Phi) is 17.4. The van der Waals surface area contributed by atoms with Crippen LogP contribution in [-0.2, 0) is 38.3 Å². The first kappa shape index (κ1) is 42.1. The Morgan fingerprint density at radius 1 is 0.660 bits per heavy atom. The predicted molar refractivity (Wildman–Crippen MR) is 166 cm³/mol. The summed E-state index contributed by atoms with van der Waals surface area (Å²) in [6.45, 7) is -0.156. The lowest BCUT2D eigenvalue weighted by Crippen LogP contribution is -2.68. The highest BCUT2D eigenvalue weighted by Gasteiger charge is 2.45. The van der Waals surface area contributed by atoms with E-state index in [-0.39, 0.29) is 72.0 Å². The predicted octanol–water partition coefficient (Wildman–Crippen LogP) is -6.52. The van der Waals surface area contributed by atoms with Gasteiger partial charge < -0.3 is 56.4 Å². The summed E-state index contributed by atoms with van der Waals surface area (Å²) in [6.07, 6.45) is -6.97. The van der Waals surface area contributed by atoms with Crippen LogP contribution in [0.5, 0.6) is 0 Å². The molecule has 2 heterocycles. The Morgan fingerprint density at radius 2 is 1.08 bits per heavy atom. The van der Waals surface area contributed by atoms with Gasteiger partial charge in [-0.15, -0.1) is 0 Å². The molecule has 2 fully saturated rings. The molecule has 2 aliphatic heterocycles. The second-order valence-corrected chi connectivity index (χ2v) is 12.0. The number of nitrogens with one attached hydrogen (secondary N) is 3. The number of aliphatic hydroxyl groups excluding tert-OH is 3. The van der Waals surface area contributed by atoms with Crippen molar-refractivity contribution in [3.05, 3.63) is 0 Å². The molecule has 0 radical (unpaired) electrons. The average Bonchev–Trinajstić information content (AvgIpc) is 3.00. The summed E-state index contributed by atoms with van der Waals surface area (Å²) < 4.78 is 5.41. The highest BCUT2D eigenvalue weighted by atomic mass is 16.5. The molecular formula is C28H47N7O15. The minimum atomic E-state index is -1.77. The van der Waals surface area contributed by atoms with E-state index in [1.54, 1.807) is 19.6 Å². The van der Waals surface area contributed by atoms with Gasteiger partial charge in [-0.1, -0.05) is 0 Å². The number of rotatable bonds is 15. The molecule has 0 aromatic rings. The van der Waals surface area contributed by atoms with Crippen LogP contribution in [0, 0.1) is 0 Å². The van der Waals surface area contributed by atoms with E-state index in [9.17, 15) is 69.3 Å². The molecule has 0 saturated carbocycles. The van der Waals surface area contributed by atoms with Crippen molar-refractivity contribution in [3.8, 4) is 0 Å². The number of hydrogen-bond acceptors (Lipinski definition) is 15. The van der Waals surface area contributed by atoms with Crippen molar-refractivity contribution < 1.29 is 74.0 Å². The Labute approximate surface area is 286 Å². The largest absolute Gasteiger partial charge is 0.480 e. The van der Waals surface area contributed by atoms with Crippen LogP contribution in [0.25, 0.3) is 0 Å². The van der Waals surface area contributed by atoms with E-state index in [1.165, 1.54) is 0 Å². The first-order valence-corrected chi connectivity index (χ1v) is 15.7. The number of amides is 3. The topological polar surface area (TPSA) is 319 Å². The fourth-order valence-electron chi connectivity index (χ4n) is 5.47. The second-order valence-electron chi connectivity index (χ2n) is 12.0. The zero-order chi connectivity index (χ0) is 37.5. The van der Waals surface area contributed by atoms with Crippen molar-refractivity contribution in [2.75, 3.05) is 85.1 Å². The van der Waals surface area contributed by atoms with Crippen LogP contribution in [0.15, 0.2) is 0 Å². The summed E-state index contributed by atoms with van der Waals surface area (Å²) in [5.41, 5.74) is 0. The lowest BCUT2D eigenvalue weighted by Gasteiger charge is -2.42. The number of carboxylic acid groups (broad SMARTS) is 4. The summed E-state index contributed by atoms with van der Waals surface area (Å²) in [7, 11) is 0. The molecule has 0 aromatic carbocycles. The van der Waals surface area contributed by atoms with E-state index in [4.69, 9.17) is 4.74 Å². The van der Waals surface area contributed by atoms with Gasteiger partial charge in [-0.25, -0.2) is 4.79 Å². The second kappa shape index (κ2) is 20.6. The molecule has 0 aromatic heterocycles. The van der Waals surface area contributed by atoms with Crippen LogP contribution < -0.4 is 16.0 Å². The van der Waals surface area contributed by atoms with Crippen LogP contribution in [0.3, 0.4) is 0 Å². The van der Waals surface area contributed by atoms with Gasteiger partial charge in [-0.05, 0) is 0 Å². The number of aliphatic hydroxyl groups is 3. The monoisotopic (exact) mass is 721 g/mol. The molecule has 0 bridgehead atoms. The van der Waals surface area contributed by atoms with Crippen molar-refractivity contribution in [1.29, 1.82) is 0 Å². The normalized spacial score (nSPS) is 25.6. The molecule has 6 atom stereocenters. The molecule has 2 aliphatic rings. The standard InChI is InChI=1S/C28H47N7O15/c1-16(37)29-24-26(47)25(46)18(15-36)50-27(24)31-19(38)10-17(28(48)49)30-20(39)11-32-2-4-33(12-21(40)41)6-8-35(14-23(44)45)9-7-34(5-3-32)13-22(42)43/h17-18,24-27,36,46-47H,2-15H2,1H3,(H,29,37)(H,30,39)(H,31,38)(H,40,41)(H,42,43)(H,44,45)(H,48,49)/t17-,18?,24?,25?,26?,27?/m0/s1. The molecule has 284 valence electrons. The van der Waals surface area contributed by atoms with Gasteiger partial charge in [0.25, 0.3) is 0 Å². The Bertz CT molecular complexity index is 1180. The molecule has 0 aliphatic carbocycles. The van der Waals surface area contributed by atoms with E-state index in [2.05, 4.69) is 16.0 Å². The van der Waals surface area contributed by atoms with Crippen molar-refractivity contribution in [1.82, 2.24) is 35.6 Å². The van der Waals surface area contributed by atoms with Crippen molar-refractivity contribution >= 4 is 41.6 Å². The van der Waals surface area contributed by atoms with Crippen LogP contribution in [0.1, 0.15) is 13.3 Å². The Hall–Kier alpha value is -4.03. The molecule has 50 heavy (non-hydrogen) atoms. The maximum Gasteiger partial charge on any atom is 0.326 e. The Balaban J connectivity index is 2.14. The maximum atomic E-state index is 13.1. The van der Waals surface area contributed by atoms with Crippen LogP contribution >= 0.6 is 0 Å². The molecular weight excluding hydrogens is 674 g/mol. The van der Waals surface area contributed by atoms with Gasteiger partial charge in [0.2, 0.25) is 17.7 Å². The van der Waals surface area contributed by atoms with Gasteiger partial charge in [-0.2, -0.15) is 0 Å². The van der Waals surface area contributed by atoms with E-state index >= 15 is 0 Å².